The largest absolute Gasteiger partial charge is 0.488 e. The normalized spacial score (nSPS) is 13.0. The standard InChI is InChI=1S/C38H56NOP/c1-12-38(13-2,41-35-28(5)20-19-23-30(35)26-39(14-3)15-4)33-25-31(36(6,7)8)24-32(37(9,10)11)34(33)40-27-29-21-17-16-18-22-29/h16-25,41H,12-15,26-27H2,1-11H3. The fourth-order valence-corrected chi connectivity index (χ4v) is 7.46. The van der Waals surface area contributed by atoms with Crippen LogP contribution in [0.25, 0.3) is 0 Å². The number of hydrogen-bond donors (Lipinski definition) is 0. The third kappa shape index (κ3) is 8.03. The topological polar surface area (TPSA) is 12.5 Å². The van der Waals surface area contributed by atoms with Crippen LogP contribution in [-0.2, 0) is 29.1 Å². The van der Waals surface area contributed by atoms with Gasteiger partial charge in [0.05, 0.1) is 0 Å². The fourth-order valence-electron chi connectivity index (χ4n) is 5.70. The van der Waals surface area contributed by atoms with Crippen LogP contribution in [0.4, 0.5) is 0 Å². The molecule has 2 nitrogen and oxygen atoms in total. The molecule has 0 N–H and O–H groups in total. The average Bonchev–Trinajstić information content (AvgIpc) is 2.94. The van der Waals surface area contributed by atoms with Crippen LogP contribution in [0, 0.1) is 6.92 Å². The first-order valence-electron chi connectivity index (χ1n) is 15.7. The van der Waals surface area contributed by atoms with Crippen LogP contribution in [0.15, 0.2) is 60.7 Å². The SMILES string of the molecule is CCN(CC)Cc1cccc(C)c1PC(CC)(CC)c1cc(C(C)(C)C)cc(C(C)(C)C)c1OCc1ccccc1. The van der Waals surface area contributed by atoms with Gasteiger partial charge in [-0.2, -0.15) is 0 Å². The van der Waals surface area contributed by atoms with Crippen molar-refractivity contribution in [2.75, 3.05) is 13.1 Å². The lowest BCUT2D eigenvalue weighted by atomic mass is 9.76. The third-order valence-electron chi connectivity index (χ3n) is 8.72. The van der Waals surface area contributed by atoms with E-state index in [9.17, 15) is 0 Å². The van der Waals surface area contributed by atoms with E-state index < -0.39 is 0 Å². The molecule has 0 heterocycles. The Hall–Kier alpha value is -2.15. The number of benzene rings is 3. The van der Waals surface area contributed by atoms with Gasteiger partial charge in [-0.3, -0.25) is 4.90 Å². The van der Waals surface area contributed by atoms with Crippen molar-refractivity contribution >= 4 is 13.9 Å². The minimum atomic E-state index is -0.0467. The summed E-state index contributed by atoms with van der Waals surface area (Å²) in [5.74, 6) is 1.10. The summed E-state index contributed by atoms with van der Waals surface area (Å²) in [6.45, 7) is 29.4. The van der Waals surface area contributed by atoms with Crippen molar-refractivity contribution in [1.29, 1.82) is 0 Å². The number of hydrogen-bond acceptors (Lipinski definition) is 2. The number of rotatable bonds is 12. The molecule has 0 fully saturated rings. The first-order chi connectivity index (χ1) is 19.3. The molecular formula is C38H56NOP. The van der Waals surface area contributed by atoms with Gasteiger partial charge in [-0.05, 0) is 71.2 Å². The molecule has 0 aliphatic carbocycles. The molecule has 0 aromatic heterocycles. The minimum Gasteiger partial charge on any atom is -0.488 e. The van der Waals surface area contributed by atoms with Gasteiger partial charge in [-0.15, -0.1) is 0 Å². The molecule has 0 saturated heterocycles. The van der Waals surface area contributed by atoms with Crippen LogP contribution in [0.3, 0.4) is 0 Å². The molecule has 0 spiro atoms. The van der Waals surface area contributed by atoms with Crippen LogP contribution in [0.1, 0.15) is 115 Å². The average molecular weight is 574 g/mol. The van der Waals surface area contributed by atoms with E-state index in [0.717, 1.165) is 38.2 Å². The second-order valence-electron chi connectivity index (χ2n) is 13.7. The summed E-state index contributed by atoms with van der Waals surface area (Å²) in [5.41, 5.74) is 8.20. The maximum Gasteiger partial charge on any atom is 0.127 e. The fraction of sp³-hybridized carbons (Fsp3) is 0.526. The van der Waals surface area contributed by atoms with Crippen molar-refractivity contribution in [2.24, 2.45) is 0 Å². The van der Waals surface area contributed by atoms with Crippen LogP contribution in [0.5, 0.6) is 5.75 Å². The molecule has 3 aromatic carbocycles. The summed E-state index contributed by atoms with van der Waals surface area (Å²) in [6, 6.07) is 22.5. The number of ether oxygens (including phenoxy) is 1. The molecule has 3 rings (SSSR count). The summed E-state index contributed by atoms with van der Waals surface area (Å²) in [6.07, 6.45) is 2.14. The van der Waals surface area contributed by atoms with Gasteiger partial charge < -0.3 is 4.74 Å². The van der Waals surface area contributed by atoms with E-state index >= 15 is 0 Å². The van der Waals surface area contributed by atoms with Crippen LogP contribution in [0.2, 0.25) is 0 Å². The van der Waals surface area contributed by atoms with Crippen LogP contribution < -0.4 is 10.0 Å². The van der Waals surface area contributed by atoms with E-state index in [1.807, 2.05) is 0 Å². The molecule has 0 amide bonds. The smallest absolute Gasteiger partial charge is 0.127 e. The maximum absolute atomic E-state index is 6.95. The van der Waals surface area contributed by atoms with Crippen molar-refractivity contribution < 1.29 is 4.74 Å². The molecule has 0 radical (unpaired) electrons. The Kier molecular flexibility index (Phi) is 11.3. The highest BCUT2D eigenvalue weighted by molar-refractivity contribution is 7.48. The van der Waals surface area contributed by atoms with E-state index in [1.54, 1.807) is 0 Å². The second-order valence-corrected chi connectivity index (χ2v) is 15.4. The monoisotopic (exact) mass is 573 g/mol. The zero-order valence-electron chi connectivity index (χ0n) is 27.9. The van der Waals surface area contributed by atoms with E-state index in [2.05, 4.69) is 142 Å². The molecule has 0 aliphatic rings. The summed E-state index contributed by atoms with van der Waals surface area (Å²) in [7, 11) is 0.664. The quantitative estimate of drug-likeness (QED) is 0.200. The lowest BCUT2D eigenvalue weighted by Gasteiger charge is -2.39. The van der Waals surface area contributed by atoms with Crippen molar-refractivity contribution in [3.05, 3.63) is 94.0 Å². The maximum atomic E-state index is 6.95. The lowest BCUT2D eigenvalue weighted by molar-refractivity contribution is 0.289. The van der Waals surface area contributed by atoms with Gasteiger partial charge in [0.1, 0.15) is 12.4 Å². The van der Waals surface area contributed by atoms with Gasteiger partial charge in [-0.25, -0.2) is 0 Å². The molecule has 0 bridgehead atoms. The Balaban J connectivity index is 2.29. The molecule has 3 aromatic rings. The van der Waals surface area contributed by atoms with Gasteiger partial charge in [0.2, 0.25) is 0 Å². The zero-order valence-corrected chi connectivity index (χ0v) is 28.9. The third-order valence-corrected chi connectivity index (χ3v) is 11.1. The van der Waals surface area contributed by atoms with Gasteiger partial charge in [0, 0.05) is 22.8 Å². The Labute approximate surface area is 254 Å². The lowest BCUT2D eigenvalue weighted by Crippen LogP contribution is -2.30. The van der Waals surface area contributed by atoms with Crippen molar-refractivity contribution in [3.8, 4) is 5.75 Å². The second kappa shape index (κ2) is 13.9. The molecule has 0 aliphatic heterocycles. The summed E-state index contributed by atoms with van der Waals surface area (Å²) in [5, 5.41) is 1.52. The Morgan fingerprint density at radius 3 is 1.88 bits per heavy atom. The number of nitrogens with zero attached hydrogens (tertiary/aromatic N) is 1. The highest BCUT2D eigenvalue weighted by Gasteiger charge is 2.37. The zero-order chi connectivity index (χ0) is 30.4. The van der Waals surface area contributed by atoms with Crippen molar-refractivity contribution in [3.63, 3.8) is 0 Å². The Morgan fingerprint density at radius 1 is 0.732 bits per heavy atom. The summed E-state index contributed by atoms with van der Waals surface area (Å²) in [4.78, 5) is 2.54. The Bertz CT molecular complexity index is 1260. The first kappa shape index (κ1) is 33.4. The predicted molar refractivity (Wildman–Crippen MR) is 183 cm³/mol. The molecule has 1 atom stereocenters. The highest BCUT2D eigenvalue weighted by atomic mass is 31.1. The van der Waals surface area contributed by atoms with E-state index in [1.165, 1.54) is 38.7 Å². The summed E-state index contributed by atoms with van der Waals surface area (Å²) >= 11 is 0. The molecule has 41 heavy (non-hydrogen) atoms. The van der Waals surface area contributed by atoms with Crippen molar-refractivity contribution in [2.45, 2.75) is 118 Å². The molecule has 224 valence electrons. The van der Waals surface area contributed by atoms with Crippen LogP contribution in [-0.4, -0.2) is 18.0 Å². The number of aryl methyl sites for hydroxylation is 1. The van der Waals surface area contributed by atoms with Gasteiger partial charge >= 0.3 is 0 Å². The molecule has 1 unspecified atom stereocenters. The van der Waals surface area contributed by atoms with Gasteiger partial charge in [0.15, 0.2) is 0 Å². The van der Waals surface area contributed by atoms with E-state index in [-0.39, 0.29) is 16.0 Å². The molecule has 0 saturated carbocycles. The van der Waals surface area contributed by atoms with Gasteiger partial charge in [0.25, 0.3) is 0 Å². The van der Waals surface area contributed by atoms with Crippen molar-refractivity contribution in [1.82, 2.24) is 4.90 Å². The van der Waals surface area contributed by atoms with Gasteiger partial charge in [-0.1, -0.05) is 138 Å². The molecule has 3 heteroatoms. The van der Waals surface area contributed by atoms with E-state index in [0.29, 0.717) is 15.2 Å². The highest BCUT2D eigenvalue weighted by Crippen LogP contribution is 2.54. The first-order valence-corrected chi connectivity index (χ1v) is 16.7. The molecular weight excluding hydrogens is 517 g/mol. The van der Waals surface area contributed by atoms with E-state index in [4.69, 9.17) is 4.74 Å². The minimum absolute atomic E-state index is 0.0165. The van der Waals surface area contributed by atoms with Crippen LogP contribution >= 0.6 is 8.58 Å². The Morgan fingerprint density at radius 2 is 1.34 bits per heavy atom. The summed E-state index contributed by atoms with van der Waals surface area (Å²) < 4.78 is 6.95. The predicted octanol–water partition coefficient (Wildman–Crippen LogP) is 10.0.